The zero-order chi connectivity index (χ0) is 26.7. The van der Waals surface area contributed by atoms with Gasteiger partial charge in [-0.05, 0) is 107 Å². The molecule has 0 aliphatic carbocycles. The van der Waals surface area contributed by atoms with E-state index < -0.39 is 11.8 Å². The van der Waals surface area contributed by atoms with Crippen molar-refractivity contribution in [3.63, 3.8) is 0 Å². The van der Waals surface area contributed by atoms with Gasteiger partial charge in [0.1, 0.15) is 6.61 Å². The molecule has 1 fully saturated rings. The summed E-state index contributed by atoms with van der Waals surface area (Å²) in [4.78, 5) is 25.9. The number of hydrogen-bond acceptors (Lipinski definition) is 6. The monoisotopic (exact) mass is 596 g/mol. The molecule has 1 saturated heterocycles. The molecule has 0 saturated carbocycles. The summed E-state index contributed by atoms with van der Waals surface area (Å²) in [5.74, 6) is 0.276. The van der Waals surface area contributed by atoms with Gasteiger partial charge in [-0.3, -0.25) is 15.0 Å². The molecular formula is C28H25BrN2O4S2. The van der Waals surface area contributed by atoms with Gasteiger partial charge in [-0.2, -0.15) is 5.01 Å². The minimum atomic E-state index is -0.414. The number of nitrogens with zero attached hydrogens (tertiary/aromatic N) is 1. The average Bonchev–Trinajstić information content (AvgIpc) is 3.13. The van der Waals surface area contributed by atoms with Crippen LogP contribution in [-0.2, 0) is 11.4 Å². The number of benzene rings is 3. The highest BCUT2D eigenvalue weighted by Gasteiger charge is 2.34. The summed E-state index contributed by atoms with van der Waals surface area (Å²) in [6.45, 7) is 6.63. The van der Waals surface area contributed by atoms with Gasteiger partial charge in [-0.25, -0.2) is 0 Å². The predicted octanol–water partition coefficient (Wildman–Crippen LogP) is 6.51. The number of carbonyl (C=O) groups is 2. The van der Waals surface area contributed by atoms with Crippen LogP contribution in [0.2, 0.25) is 0 Å². The summed E-state index contributed by atoms with van der Waals surface area (Å²) in [5.41, 5.74) is 8.45. The maximum Gasteiger partial charge on any atom is 0.285 e. The molecule has 0 bridgehead atoms. The van der Waals surface area contributed by atoms with E-state index in [0.717, 1.165) is 27.9 Å². The van der Waals surface area contributed by atoms with E-state index in [2.05, 4.69) is 54.3 Å². The quantitative estimate of drug-likeness (QED) is 0.248. The van der Waals surface area contributed by atoms with E-state index in [1.807, 2.05) is 12.1 Å². The minimum absolute atomic E-state index is 0.246. The molecule has 0 unspecified atom stereocenters. The number of methoxy groups -OCH3 is 1. The normalized spacial score (nSPS) is 14.3. The van der Waals surface area contributed by atoms with Crippen molar-refractivity contribution in [3.05, 3.63) is 97.4 Å². The van der Waals surface area contributed by atoms with E-state index in [0.29, 0.717) is 38.6 Å². The Hall–Kier alpha value is -3.14. The van der Waals surface area contributed by atoms with Gasteiger partial charge in [-0.15, -0.1) is 0 Å². The zero-order valence-electron chi connectivity index (χ0n) is 20.8. The lowest BCUT2D eigenvalue weighted by atomic mass is 10.0. The molecule has 1 heterocycles. The van der Waals surface area contributed by atoms with E-state index in [9.17, 15) is 9.59 Å². The average molecular weight is 598 g/mol. The molecule has 6 nitrogen and oxygen atoms in total. The van der Waals surface area contributed by atoms with Crippen molar-refractivity contribution in [1.29, 1.82) is 0 Å². The number of carbonyl (C=O) groups excluding carboxylic acids is 2. The first-order valence-electron chi connectivity index (χ1n) is 11.4. The largest absolute Gasteiger partial charge is 0.493 e. The van der Waals surface area contributed by atoms with Gasteiger partial charge in [-0.1, -0.05) is 42.1 Å². The van der Waals surface area contributed by atoms with Gasteiger partial charge in [0, 0.05) is 5.56 Å². The first kappa shape index (κ1) is 26.9. The third kappa shape index (κ3) is 6.06. The molecule has 1 N–H and O–H groups in total. The number of thiocarbonyl (C=S) groups is 1. The van der Waals surface area contributed by atoms with Gasteiger partial charge < -0.3 is 9.47 Å². The van der Waals surface area contributed by atoms with Gasteiger partial charge in [0.25, 0.3) is 11.8 Å². The second kappa shape index (κ2) is 11.5. The molecule has 190 valence electrons. The van der Waals surface area contributed by atoms with Crippen LogP contribution >= 0.6 is 39.9 Å². The number of ether oxygens (including phenoxy) is 2. The van der Waals surface area contributed by atoms with Crippen LogP contribution in [0.25, 0.3) is 6.08 Å². The second-order valence-electron chi connectivity index (χ2n) is 8.51. The number of halogens is 1. The van der Waals surface area contributed by atoms with Gasteiger partial charge in [0.15, 0.2) is 15.8 Å². The van der Waals surface area contributed by atoms with Crippen LogP contribution in [0, 0.1) is 20.8 Å². The summed E-state index contributed by atoms with van der Waals surface area (Å²) < 4.78 is 12.7. The Morgan fingerprint density at radius 2 is 1.78 bits per heavy atom. The molecule has 2 amide bonds. The van der Waals surface area contributed by atoms with Crippen molar-refractivity contribution in [2.75, 3.05) is 7.11 Å². The Bertz CT molecular complexity index is 1420. The van der Waals surface area contributed by atoms with Crippen molar-refractivity contribution in [2.45, 2.75) is 27.4 Å². The smallest absolute Gasteiger partial charge is 0.285 e. The Kier molecular flexibility index (Phi) is 8.36. The predicted molar refractivity (Wildman–Crippen MR) is 155 cm³/mol. The highest BCUT2D eigenvalue weighted by atomic mass is 79.9. The molecular weight excluding hydrogens is 572 g/mol. The number of hydrazine groups is 1. The van der Waals surface area contributed by atoms with Crippen LogP contribution in [0.15, 0.2) is 64.0 Å². The van der Waals surface area contributed by atoms with Crippen LogP contribution < -0.4 is 14.9 Å². The first-order valence-corrected chi connectivity index (χ1v) is 13.4. The molecule has 1 aliphatic heterocycles. The van der Waals surface area contributed by atoms with E-state index >= 15 is 0 Å². The fourth-order valence-electron chi connectivity index (χ4n) is 3.76. The van der Waals surface area contributed by atoms with Crippen molar-refractivity contribution >= 4 is 62.1 Å². The SMILES string of the molecule is COc1cc(/C=C2/SC(=S)N(NC(=O)c3ccccc3)C2=O)cc(Br)c1OCc1cc(C)c(C)cc1C. The second-order valence-corrected chi connectivity index (χ2v) is 11.0. The summed E-state index contributed by atoms with van der Waals surface area (Å²) in [6.07, 6.45) is 1.71. The standard InChI is InChI=1S/C28H25BrN2O4S2/c1-16-10-18(3)21(11-17(16)2)15-35-25-22(29)12-19(13-23(25)34-4)14-24-27(33)31(28(36)37-24)30-26(32)20-8-6-5-7-9-20/h5-14H,15H2,1-4H3,(H,30,32)/b24-14+. The topological polar surface area (TPSA) is 67.9 Å². The van der Waals surface area contributed by atoms with E-state index in [1.54, 1.807) is 43.5 Å². The fraction of sp³-hybridized carbons (Fsp3) is 0.179. The van der Waals surface area contributed by atoms with Crippen molar-refractivity contribution in [2.24, 2.45) is 0 Å². The molecule has 0 atom stereocenters. The van der Waals surface area contributed by atoms with E-state index in [4.69, 9.17) is 21.7 Å². The third-order valence-electron chi connectivity index (χ3n) is 5.92. The highest BCUT2D eigenvalue weighted by molar-refractivity contribution is 9.10. The van der Waals surface area contributed by atoms with Crippen LogP contribution in [0.5, 0.6) is 11.5 Å². The Balaban J connectivity index is 1.52. The van der Waals surface area contributed by atoms with Crippen molar-refractivity contribution < 1.29 is 19.1 Å². The molecule has 1 aliphatic rings. The maximum absolute atomic E-state index is 13.0. The number of thioether (sulfide) groups is 1. The molecule has 37 heavy (non-hydrogen) atoms. The summed E-state index contributed by atoms with van der Waals surface area (Å²) in [7, 11) is 1.57. The molecule has 0 spiro atoms. The first-order chi connectivity index (χ1) is 17.7. The lowest BCUT2D eigenvalue weighted by Gasteiger charge is -2.16. The van der Waals surface area contributed by atoms with Crippen LogP contribution in [0.3, 0.4) is 0 Å². The van der Waals surface area contributed by atoms with Gasteiger partial charge in [0.2, 0.25) is 0 Å². The van der Waals surface area contributed by atoms with Crippen LogP contribution in [0.4, 0.5) is 0 Å². The minimum Gasteiger partial charge on any atom is -0.493 e. The Morgan fingerprint density at radius 1 is 1.08 bits per heavy atom. The molecule has 4 rings (SSSR count). The summed E-state index contributed by atoms with van der Waals surface area (Å²) in [6, 6.07) is 16.6. The van der Waals surface area contributed by atoms with Crippen molar-refractivity contribution in [3.8, 4) is 11.5 Å². The third-order valence-corrected chi connectivity index (χ3v) is 7.81. The highest BCUT2D eigenvalue weighted by Crippen LogP contribution is 2.39. The molecule has 9 heteroatoms. The lowest BCUT2D eigenvalue weighted by molar-refractivity contribution is -0.123. The molecule has 0 aromatic heterocycles. The van der Waals surface area contributed by atoms with E-state index in [1.165, 1.54) is 11.1 Å². The van der Waals surface area contributed by atoms with Crippen molar-refractivity contribution in [1.82, 2.24) is 10.4 Å². The maximum atomic E-state index is 13.0. The summed E-state index contributed by atoms with van der Waals surface area (Å²) >= 11 is 10.0. The zero-order valence-corrected chi connectivity index (χ0v) is 24.0. The molecule has 0 radical (unpaired) electrons. The van der Waals surface area contributed by atoms with E-state index in [-0.39, 0.29) is 4.32 Å². The molecule has 3 aromatic rings. The van der Waals surface area contributed by atoms with Gasteiger partial charge in [0.05, 0.1) is 16.5 Å². The molecule has 3 aromatic carbocycles. The van der Waals surface area contributed by atoms with Crippen LogP contribution in [-0.4, -0.2) is 28.3 Å². The number of amides is 2. The fourth-order valence-corrected chi connectivity index (χ4v) is 5.51. The lowest BCUT2D eigenvalue weighted by Crippen LogP contribution is -2.44. The van der Waals surface area contributed by atoms with Gasteiger partial charge >= 0.3 is 0 Å². The van der Waals surface area contributed by atoms with Crippen LogP contribution in [0.1, 0.15) is 38.2 Å². The Labute approximate surface area is 234 Å². The number of rotatable bonds is 7. The number of hydrogen-bond donors (Lipinski definition) is 1. The summed E-state index contributed by atoms with van der Waals surface area (Å²) in [5, 5.41) is 1.09. The number of aryl methyl sites for hydroxylation is 3. The Morgan fingerprint density at radius 3 is 2.49 bits per heavy atom. The number of nitrogens with one attached hydrogen (secondary N) is 1.